The molecule has 3 rings (SSSR count). The number of alkyl halides is 1. The predicted molar refractivity (Wildman–Crippen MR) is 68.7 cm³/mol. The van der Waals surface area contributed by atoms with Gasteiger partial charge in [0.05, 0.1) is 17.9 Å². The molecule has 0 radical (unpaired) electrons. The molecule has 1 saturated carbocycles. The van der Waals surface area contributed by atoms with Gasteiger partial charge in [0.25, 0.3) is 0 Å². The van der Waals surface area contributed by atoms with Crippen molar-refractivity contribution < 1.29 is 0 Å². The number of rotatable bonds is 3. The summed E-state index contributed by atoms with van der Waals surface area (Å²) in [5, 5.41) is 15.0. The monoisotopic (exact) mass is 266 g/mol. The highest BCUT2D eigenvalue weighted by Gasteiger charge is 2.31. The molecular formula is C11H15ClN6. The van der Waals surface area contributed by atoms with E-state index in [1.54, 1.807) is 16.9 Å². The van der Waals surface area contributed by atoms with Crippen molar-refractivity contribution in [3.05, 3.63) is 12.4 Å². The van der Waals surface area contributed by atoms with Crippen molar-refractivity contribution in [3.63, 3.8) is 0 Å². The second-order valence-electron chi connectivity index (χ2n) is 4.84. The molecule has 1 N–H and O–H groups in total. The van der Waals surface area contributed by atoms with Crippen LogP contribution in [0.4, 0.5) is 5.82 Å². The Hall–Kier alpha value is -1.43. The number of halogens is 1. The summed E-state index contributed by atoms with van der Waals surface area (Å²) in [4.78, 5) is 4.15. The van der Waals surface area contributed by atoms with Gasteiger partial charge in [-0.25, -0.2) is 0 Å². The summed E-state index contributed by atoms with van der Waals surface area (Å²) in [6, 6.07) is 0. The van der Waals surface area contributed by atoms with Crippen molar-refractivity contribution in [1.82, 2.24) is 25.0 Å². The first-order valence-electron chi connectivity index (χ1n) is 6.19. The number of nitrogens with one attached hydrogen (secondary N) is 1. The molecule has 1 aliphatic carbocycles. The average Bonchev–Trinajstić information content (AvgIpc) is 2.89. The minimum absolute atomic E-state index is 0.0539. The van der Waals surface area contributed by atoms with Crippen LogP contribution in [0.15, 0.2) is 12.4 Å². The van der Waals surface area contributed by atoms with Gasteiger partial charge in [-0.05, 0) is 23.3 Å². The first-order valence-corrected chi connectivity index (χ1v) is 6.73. The number of tetrazole rings is 1. The Morgan fingerprint density at radius 2 is 2.11 bits per heavy atom. The number of hydrogen-bond donors (Lipinski definition) is 1. The molecule has 18 heavy (non-hydrogen) atoms. The second kappa shape index (κ2) is 4.68. The van der Waals surface area contributed by atoms with Gasteiger partial charge in [0.1, 0.15) is 0 Å². The van der Waals surface area contributed by atoms with E-state index < -0.39 is 0 Å². The SMILES string of the molecule is ClCC1(Nc2cncc3nnnn23)CCCCC1. The average molecular weight is 267 g/mol. The zero-order valence-corrected chi connectivity index (χ0v) is 10.8. The van der Waals surface area contributed by atoms with E-state index in [2.05, 4.69) is 25.8 Å². The molecule has 1 fully saturated rings. The first kappa shape index (κ1) is 11.6. The predicted octanol–water partition coefficient (Wildman–Crippen LogP) is 1.87. The smallest absolute Gasteiger partial charge is 0.199 e. The van der Waals surface area contributed by atoms with Crippen LogP contribution in [0.25, 0.3) is 5.65 Å². The van der Waals surface area contributed by atoms with Gasteiger partial charge in [-0.1, -0.05) is 19.3 Å². The fourth-order valence-corrected chi connectivity index (χ4v) is 2.89. The van der Waals surface area contributed by atoms with Gasteiger partial charge in [-0.2, -0.15) is 4.52 Å². The summed E-state index contributed by atoms with van der Waals surface area (Å²) < 4.78 is 1.66. The minimum atomic E-state index is -0.0539. The van der Waals surface area contributed by atoms with Gasteiger partial charge in [0.2, 0.25) is 0 Å². The Labute approximate surface area is 110 Å². The molecule has 0 spiro atoms. The van der Waals surface area contributed by atoms with E-state index in [0.29, 0.717) is 11.5 Å². The molecule has 0 unspecified atom stereocenters. The highest BCUT2D eigenvalue weighted by atomic mass is 35.5. The largest absolute Gasteiger partial charge is 0.362 e. The molecular weight excluding hydrogens is 252 g/mol. The normalized spacial score (nSPS) is 18.9. The molecule has 2 heterocycles. The van der Waals surface area contributed by atoms with Crippen LogP contribution in [0.3, 0.4) is 0 Å². The van der Waals surface area contributed by atoms with E-state index in [1.807, 2.05) is 0 Å². The summed E-state index contributed by atoms with van der Waals surface area (Å²) in [6.45, 7) is 0. The number of nitrogens with zero attached hydrogens (tertiary/aromatic N) is 5. The summed E-state index contributed by atoms with van der Waals surface area (Å²) in [7, 11) is 0. The lowest BCUT2D eigenvalue weighted by molar-refractivity contribution is 0.351. The lowest BCUT2D eigenvalue weighted by Crippen LogP contribution is -2.42. The second-order valence-corrected chi connectivity index (χ2v) is 5.11. The third-order valence-corrected chi connectivity index (χ3v) is 4.08. The van der Waals surface area contributed by atoms with Crippen LogP contribution in [0, 0.1) is 0 Å². The Morgan fingerprint density at radius 3 is 2.89 bits per heavy atom. The fourth-order valence-electron chi connectivity index (χ4n) is 2.55. The molecule has 0 aromatic carbocycles. The molecule has 0 saturated heterocycles. The van der Waals surface area contributed by atoms with Gasteiger partial charge in [-0.3, -0.25) is 4.98 Å². The van der Waals surface area contributed by atoms with Crippen LogP contribution in [0.2, 0.25) is 0 Å². The van der Waals surface area contributed by atoms with E-state index in [1.165, 1.54) is 19.3 Å². The molecule has 1 aliphatic rings. The van der Waals surface area contributed by atoms with Gasteiger partial charge in [0, 0.05) is 5.88 Å². The molecule has 0 atom stereocenters. The van der Waals surface area contributed by atoms with Crippen LogP contribution in [0.1, 0.15) is 32.1 Å². The van der Waals surface area contributed by atoms with Crippen molar-refractivity contribution in [1.29, 1.82) is 0 Å². The van der Waals surface area contributed by atoms with Crippen molar-refractivity contribution in [2.24, 2.45) is 0 Å². The van der Waals surface area contributed by atoms with Crippen LogP contribution in [0.5, 0.6) is 0 Å². The topological polar surface area (TPSA) is 68.0 Å². The maximum Gasteiger partial charge on any atom is 0.199 e. The van der Waals surface area contributed by atoms with Gasteiger partial charge in [-0.15, -0.1) is 16.7 Å². The Bertz CT molecular complexity index is 533. The van der Waals surface area contributed by atoms with Crippen molar-refractivity contribution >= 4 is 23.1 Å². The van der Waals surface area contributed by atoms with Crippen molar-refractivity contribution in [2.75, 3.05) is 11.2 Å². The number of aromatic nitrogens is 5. The van der Waals surface area contributed by atoms with Gasteiger partial charge in [0.15, 0.2) is 11.5 Å². The molecule has 0 amide bonds. The summed E-state index contributed by atoms with van der Waals surface area (Å²) in [6.07, 6.45) is 9.24. The highest BCUT2D eigenvalue weighted by molar-refractivity contribution is 6.18. The molecule has 0 aliphatic heterocycles. The van der Waals surface area contributed by atoms with E-state index in [0.717, 1.165) is 18.7 Å². The Morgan fingerprint density at radius 1 is 1.28 bits per heavy atom. The van der Waals surface area contributed by atoms with Crippen LogP contribution in [-0.4, -0.2) is 36.4 Å². The molecule has 2 aromatic rings. The maximum atomic E-state index is 6.17. The number of hydrogen-bond acceptors (Lipinski definition) is 5. The Balaban J connectivity index is 1.92. The zero-order valence-electron chi connectivity index (χ0n) is 10.0. The molecule has 7 heteroatoms. The fraction of sp³-hybridized carbons (Fsp3) is 0.636. The standard InChI is InChI=1S/C11H15ClN6/c12-8-11(4-2-1-3-5-11)14-9-6-13-7-10-15-16-17-18(9)10/h6-7,14H,1-5,8H2. The number of fused-ring (bicyclic) bond motifs is 1. The molecule has 0 bridgehead atoms. The summed E-state index contributed by atoms with van der Waals surface area (Å²) in [5.41, 5.74) is 0.586. The van der Waals surface area contributed by atoms with Crippen molar-refractivity contribution in [3.8, 4) is 0 Å². The van der Waals surface area contributed by atoms with E-state index in [-0.39, 0.29) is 5.54 Å². The van der Waals surface area contributed by atoms with Crippen LogP contribution in [-0.2, 0) is 0 Å². The molecule has 2 aromatic heterocycles. The number of anilines is 1. The lowest BCUT2D eigenvalue weighted by atomic mass is 9.83. The van der Waals surface area contributed by atoms with Crippen LogP contribution < -0.4 is 5.32 Å². The highest BCUT2D eigenvalue weighted by Crippen LogP contribution is 2.32. The van der Waals surface area contributed by atoms with Crippen LogP contribution >= 0.6 is 11.6 Å². The first-order chi connectivity index (χ1) is 8.83. The lowest BCUT2D eigenvalue weighted by Gasteiger charge is -2.37. The van der Waals surface area contributed by atoms with E-state index in [4.69, 9.17) is 11.6 Å². The Kier molecular flexibility index (Phi) is 3.03. The van der Waals surface area contributed by atoms with Gasteiger partial charge >= 0.3 is 0 Å². The van der Waals surface area contributed by atoms with Crippen molar-refractivity contribution in [2.45, 2.75) is 37.6 Å². The summed E-state index contributed by atoms with van der Waals surface area (Å²) >= 11 is 6.17. The third-order valence-electron chi connectivity index (χ3n) is 3.57. The molecule has 6 nitrogen and oxygen atoms in total. The third kappa shape index (κ3) is 2.01. The van der Waals surface area contributed by atoms with E-state index in [9.17, 15) is 0 Å². The maximum absolute atomic E-state index is 6.17. The quantitative estimate of drug-likeness (QED) is 0.859. The van der Waals surface area contributed by atoms with E-state index >= 15 is 0 Å². The molecule has 96 valence electrons. The summed E-state index contributed by atoms with van der Waals surface area (Å²) in [5.74, 6) is 1.39. The zero-order chi connectivity index (χ0) is 12.4. The van der Waals surface area contributed by atoms with Gasteiger partial charge < -0.3 is 5.32 Å². The minimum Gasteiger partial charge on any atom is -0.362 e.